The zero-order chi connectivity index (χ0) is 13.0. The molecule has 18 heavy (non-hydrogen) atoms. The van der Waals surface area contributed by atoms with E-state index in [1.54, 1.807) is 12.1 Å². The lowest BCUT2D eigenvalue weighted by Gasteiger charge is -2.27. The summed E-state index contributed by atoms with van der Waals surface area (Å²) in [6.45, 7) is 3.50. The molecule has 0 radical (unpaired) electrons. The van der Waals surface area contributed by atoms with Crippen molar-refractivity contribution in [3.8, 4) is 0 Å². The van der Waals surface area contributed by atoms with Crippen LogP contribution in [0.2, 0.25) is 0 Å². The Morgan fingerprint density at radius 1 is 1.39 bits per heavy atom. The molecule has 4 heteroatoms. The van der Waals surface area contributed by atoms with Crippen LogP contribution in [0.15, 0.2) is 18.2 Å². The van der Waals surface area contributed by atoms with Crippen LogP contribution >= 0.6 is 0 Å². The maximum Gasteiger partial charge on any atom is 0.163 e. The number of halogens is 2. The fourth-order valence-corrected chi connectivity index (χ4v) is 2.55. The van der Waals surface area contributed by atoms with Gasteiger partial charge in [0.1, 0.15) is 0 Å². The number of hydrogen-bond acceptors (Lipinski definition) is 2. The summed E-state index contributed by atoms with van der Waals surface area (Å²) in [5, 5.41) is 3.36. The third-order valence-corrected chi connectivity index (χ3v) is 3.44. The lowest BCUT2D eigenvalue weighted by molar-refractivity contribution is 0.234. The van der Waals surface area contributed by atoms with Crippen LogP contribution in [-0.4, -0.2) is 31.6 Å². The van der Waals surface area contributed by atoms with Crippen molar-refractivity contribution in [2.24, 2.45) is 5.92 Å². The quantitative estimate of drug-likeness (QED) is 0.887. The minimum Gasteiger partial charge on any atom is -0.316 e. The van der Waals surface area contributed by atoms with Crippen molar-refractivity contribution >= 4 is 0 Å². The van der Waals surface area contributed by atoms with E-state index in [9.17, 15) is 8.78 Å². The molecule has 2 nitrogen and oxygen atoms in total. The molecule has 1 unspecified atom stereocenters. The topological polar surface area (TPSA) is 15.3 Å². The molecule has 2 rings (SSSR count). The van der Waals surface area contributed by atoms with E-state index in [0.717, 1.165) is 25.7 Å². The molecule has 1 aromatic rings. The summed E-state index contributed by atoms with van der Waals surface area (Å²) in [5.41, 5.74) is 0.432. The highest BCUT2D eigenvalue weighted by Crippen LogP contribution is 2.16. The monoisotopic (exact) mass is 254 g/mol. The molecule has 0 bridgehead atoms. The lowest BCUT2D eigenvalue weighted by atomic mass is 9.99. The van der Waals surface area contributed by atoms with Gasteiger partial charge in [-0.25, -0.2) is 8.78 Å². The van der Waals surface area contributed by atoms with Crippen LogP contribution in [0.4, 0.5) is 8.78 Å². The highest BCUT2D eigenvalue weighted by molar-refractivity contribution is 5.18. The van der Waals surface area contributed by atoms with Crippen molar-refractivity contribution < 1.29 is 8.78 Å². The van der Waals surface area contributed by atoms with Gasteiger partial charge in [0.05, 0.1) is 0 Å². The number of rotatable bonds is 4. The largest absolute Gasteiger partial charge is 0.316 e. The van der Waals surface area contributed by atoms with Crippen LogP contribution in [0.3, 0.4) is 0 Å². The maximum absolute atomic E-state index is 13.5. The van der Waals surface area contributed by atoms with E-state index in [0.29, 0.717) is 18.0 Å². The van der Waals surface area contributed by atoms with Crippen molar-refractivity contribution in [2.45, 2.75) is 19.4 Å². The molecule has 1 fully saturated rings. The molecular weight excluding hydrogens is 234 g/mol. The molecule has 1 aliphatic rings. The Balaban J connectivity index is 1.90. The van der Waals surface area contributed by atoms with E-state index in [2.05, 4.69) is 10.2 Å². The van der Waals surface area contributed by atoms with E-state index >= 15 is 0 Å². The number of nitrogens with zero attached hydrogens (tertiary/aromatic N) is 1. The van der Waals surface area contributed by atoms with Crippen LogP contribution < -0.4 is 5.32 Å². The first kappa shape index (κ1) is 13.4. The van der Waals surface area contributed by atoms with E-state index in [1.165, 1.54) is 12.8 Å². The van der Waals surface area contributed by atoms with Crippen molar-refractivity contribution in [1.82, 2.24) is 10.2 Å². The van der Waals surface area contributed by atoms with Gasteiger partial charge in [-0.2, -0.15) is 0 Å². The molecule has 1 aliphatic heterocycles. The van der Waals surface area contributed by atoms with Crippen molar-refractivity contribution in [3.63, 3.8) is 0 Å². The highest BCUT2D eigenvalue weighted by Gasteiger charge is 2.16. The summed E-state index contributed by atoms with van der Waals surface area (Å²) in [4.78, 5) is 2.06. The second kappa shape index (κ2) is 6.25. The van der Waals surface area contributed by atoms with E-state index in [-0.39, 0.29) is 0 Å². The molecule has 1 N–H and O–H groups in total. The van der Waals surface area contributed by atoms with Gasteiger partial charge in [-0.05, 0) is 45.0 Å². The van der Waals surface area contributed by atoms with Crippen LogP contribution in [-0.2, 0) is 6.54 Å². The van der Waals surface area contributed by atoms with Crippen LogP contribution in [0.25, 0.3) is 0 Å². The fourth-order valence-electron chi connectivity index (χ4n) is 2.55. The van der Waals surface area contributed by atoms with Gasteiger partial charge in [0.15, 0.2) is 11.6 Å². The van der Waals surface area contributed by atoms with Crippen LogP contribution in [0.1, 0.15) is 18.4 Å². The van der Waals surface area contributed by atoms with Crippen molar-refractivity contribution in [3.05, 3.63) is 35.4 Å². The van der Waals surface area contributed by atoms with E-state index < -0.39 is 11.6 Å². The summed E-state index contributed by atoms with van der Waals surface area (Å²) in [6, 6.07) is 4.36. The highest BCUT2D eigenvalue weighted by atomic mass is 19.2. The van der Waals surface area contributed by atoms with Gasteiger partial charge in [-0.15, -0.1) is 0 Å². The normalized spacial score (nSPS) is 20.3. The van der Waals surface area contributed by atoms with Crippen molar-refractivity contribution in [2.75, 3.05) is 26.7 Å². The zero-order valence-electron chi connectivity index (χ0n) is 10.8. The standard InChI is InChI=1S/C14H20F2N2/c1-18(9-11-4-3-7-17-8-11)10-12-5-2-6-13(15)14(12)16/h2,5-6,11,17H,3-4,7-10H2,1H3. The van der Waals surface area contributed by atoms with Gasteiger partial charge in [0, 0.05) is 18.7 Å². The van der Waals surface area contributed by atoms with Crippen LogP contribution in [0.5, 0.6) is 0 Å². The third kappa shape index (κ3) is 3.50. The minimum absolute atomic E-state index is 0.432. The third-order valence-electron chi connectivity index (χ3n) is 3.44. The van der Waals surface area contributed by atoms with E-state index in [4.69, 9.17) is 0 Å². The molecule has 1 atom stereocenters. The van der Waals surface area contributed by atoms with Crippen molar-refractivity contribution in [1.29, 1.82) is 0 Å². The first-order valence-electron chi connectivity index (χ1n) is 6.49. The molecule has 1 saturated heterocycles. The number of hydrogen-bond donors (Lipinski definition) is 1. The van der Waals surface area contributed by atoms with Gasteiger partial charge in [0.2, 0.25) is 0 Å². The smallest absolute Gasteiger partial charge is 0.163 e. The lowest BCUT2D eigenvalue weighted by Crippen LogP contribution is -2.36. The molecule has 0 amide bonds. The Morgan fingerprint density at radius 3 is 2.94 bits per heavy atom. The average molecular weight is 254 g/mol. The second-order valence-electron chi connectivity index (χ2n) is 5.12. The summed E-state index contributed by atoms with van der Waals surface area (Å²) >= 11 is 0. The minimum atomic E-state index is -0.764. The van der Waals surface area contributed by atoms with Gasteiger partial charge in [0.25, 0.3) is 0 Å². The molecular formula is C14H20F2N2. The SMILES string of the molecule is CN(Cc1cccc(F)c1F)CC1CCCNC1. The molecule has 1 heterocycles. The predicted octanol–water partition coefficient (Wildman–Crippen LogP) is 2.40. The Kier molecular flexibility index (Phi) is 4.66. The first-order chi connectivity index (χ1) is 8.66. The van der Waals surface area contributed by atoms with Gasteiger partial charge < -0.3 is 10.2 Å². The van der Waals surface area contributed by atoms with Crippen LogP contribution in [0, 0.1) is 17.6 Å². The van der Waals surface area contributed by atoms with Gasteiger partial charge in [-0.3, -0.25) is 0 Å². The van der Waals surface area contributed by atoms with E-state index in [1.807, 2.05) is 7.05 Å². The Morgan fingerprint density at radius 2 is 2.22 bits per heavy atom. The predicted molar refractivity (Wildman–Crippen MR) is 68.3 cm³/mol. The summed E-state index contributed by atoms with van der Waals surface area (Å²) in [6.07, 6.45) is 2.41. The first-order valence-corrected chi connectivity index (χ1v) is 6.49. The Labute approximate surface area is 107 Å². The molecule has 1 aromatic carbocycles. The maximum atomic E-state index is 13.5. The fraction of sp³-hybridized carbons (Fsp3) is 0.571. The molecule has 0 aliphatic carbocycles. The van der Waals surface area contributed by atoms with Gasteiger partial charge in [-0.1, -0.05) is 12.1 Å². The Bertz CT molecular complexity index is 389. The number of benzene rings is 1. The number of nitrogens with one attached hydrogen (secondary N) is 1. The molecule has 0 aromatic heterocycles. The molecule has 0 spiro atoms. The summed E-state index contributed by atoms with van der Waals surface area (Å²) in [5.74, 6) is -0.869. The molecule has 100 valence electrons. The zero-order valence-corrected chi connectivity index (χ0v) is 10.8. The Hall–Kier alpha value is -1.00. The second-order valence-corrected chi connectivity index (χ2v) is 5.12. The molecule has 0 saturated carbocycles. The summed E-state index contributed by atoms with van der Waals surface area (Å²) < 4.78 is 26.6. The number of piperidine rings is 1. The summed E-state index contributed by atoms with van der Waals surface area (Å²) in [7, 11) is 1.96. The average Bonchev–Trinajstić information content (AvgIpc) is 2.36. The van der Waals surface area contributed by atoms with Gasteiger partial charge >= 0.3 is 0 Å².